The van der Waals surface area contributed by atoms with E-state index in [1.165, 1.54) is 25.9 Å². The third kappa shape index (κ3) is 4.78. The Morgan fingerprint density at radius 2 is 1.75 bits per heavy atom. The van der Waals surface area contributed by atoms with Crippen molar-refractivity contribution in [2.45, 2.75) is 18.9 Å². The topological polar surface area (TPSA) is 30.0 Å². The van der Waals surface area contributed by atoms with Crippen molar-refractivity contribution in [2.24, 2.45) is 0 Å². The van der Waals surface area contributed by atoms with Gasteiger partial charge in [-0.05, 0) is 47.1 Å². The minimum absolute atomic E-state index is 0.258. The molecular formula is C12H27N3O. The summed E-state index contributed by atoms with van der Waals surface area (Å²) in [7, 11) is 6.49. The summed E-state index contributed by atoms with van der Waals surface area (Å²) < 4.78 is 0. The Labute approximate surface area is 99.8 Å². The molecule has 0 aromatic rings. The number of likely N-dealkylation sites (N-methyl/N-ethyl adjacent to an activating group) is 2. The maximum absolute atomic E-state index is 8.82. The molecule has 1 rings (SSSR count). The molecule has 0 atom stereocenters. The van der Waals surface area contributed by atoms with Gasteiger partial charge in [-0.25, -0.2) is 0 Å². The van der Waals surface area contributed by atoms with Crippen LogP contribution in [-0.4, -0.2) is 86.3 Å². The number of nitrogens with zero attached hydrogens (tertiary/aromatic N) is 3. The van der Waals surface area contributed by atoms with Gasteiger partial charge in [-0.15, -0.1) is 0 Å². The normalized spacial score (nSPS) is 19.9. The van der Waals surface area contributed by atoms with Crippen molar-refractivity contribution < 1.29 is 5.11 Å². The Morgan fingerprint density at radius 3 is 2.31 bits per heavy atom. The summed E-state index contributed by atoms with van der Waals surface area (Å²) in [5.74, 6) is 0. The van der Waals surface area contributed by atoms with Gasteiger partial charge in [0.05, 0.1) is 6.61 Å². The summed E-state index contributed by atoms with van der Waals surface area (Å²) in [5.41, 5.74) is 0. The summed E-state index contributed by atoms with van der Waals surface area (Å²) in [6.07, 6.45) is 2.58. The molecule has 0 aliphatic carbocycles. The van der Waals surface area contributed by atoms with E-state index in [1.807, 2.05) is 0 Å². The first-order valence-electron chi connectivity index (χ1n) is 6.31. The fraction of sp³-hybridized carbons (Fsp3) is 1.00. The molecule has 0 unspecified atom stereocenters. The Bertz CT molecular complexity index is 181. The van der Waals surface area contributed by atoms with Gasteiger partial charge in [-0.2, -0.15) is 0 Å². The van der Waals surface area contributed by atoms with E-state index in [0.717, 1.165) is 25.7 Å². The fourth-order valence-electron chi connectivity index (χ4n) is 2.23. The zero-order valence-electron chi connectivity index (χ0n) is 11.0. The lowest BCUT2D eigenvalue weighted by Gasteiger charge is -2.35. The van der Waals surface area contributed by atoms with Crippen molar-refractivity contribution in [2.75, 3.05) is 60.5 Å². The van der Waals surface area contributed by atoms with Crippen LogP contribution in [0.2, 0.25) is 0 Å². The molecule has 0 bridgehead atoms. The SMILES string of the molecule is CN1CCC(N(C)CCN(C)CCO)CC1. The van der Waals surface area contributed by atoms with E-state index in [2.05, 4.69) is 35.8 Å². The molecule has 1 N–H and O–H groups in total. The number of aliphatic hydroxyl groups is 1. The molecule has 1 fully saturated rings. The Morgan fingerprint density at radius 1 is 1.12 bits per heavy atom. The first kappa shape index (κ1) is 13.9. The number of rotatable bonds is 6. The second kappa shape index (κ2) is 7.22. The number of aliphatic hydroxyl groups excluding tert-OH is 1. The van der Waals surface area contributed by atoms with Gasteiger partial charge in [-0.3, -0.25) is 0 Å². The minimum atomic E-state index is 0.258. The van der Waals surface area contributed by atoms with Crippen molar-refractivity contribution in [1.82, 2.24) is 14.7 Å². The van der Waals surface area contributed by atoms with Crippen molar-refractivity contribution >= 4 is 0 Å². The number of hydrogen-bond donors (Lipinski definition) is 1. The largest absolute Gasteiger partial charge is 0.395 e. The molecule has 1 aliphatic heterocycles. The van der Waals surface area contributed by atoms with Crippen molar-refractivity contribution in [1.29, 1.82) is 0 Å². The standard InChI is InChI=1S/C12H27N3O/c1-13-6-4-12(5-7-13)15(3)9-8-14(2)10-11-16/h12,16H,4-11H2,1-3H3. The highest BCUT2D eigenvalue weighted by molar-refractivity contribution is 4.77. The molecule has 4 nitrogen and oxygen atoms in total. The molecule has 96 valence electrons. The van der Waals surface area contributed by atoms with Gasteiger partial charge in [0, 0.05) is 25.7 Å². The monoisotopic (exact) mass is 229 g/mol. The predicted octanol–water partition coefficient (Wildman–Crippen LogP) is -0.0635. The first-order valence-corrected chi connectivity index (χ1v) is 6.31. The van der Waals surface area contributed by atoms with Gasteiger partial charge in [-0.1, -0.05) is 0 Å². The van der Waals surface area contributed by atoms with Crippen LogP contribution in [0.4, 0.5) is 0 Å². The molecule has 0 radical (unpaired) electrons. The summed E-state index contributed by atoms with van der Waals surface area (Å²) in [6.45, 7) is 5.63. The van der Waals surface area contributed by atoms with Gasteiger partial charge < -0.3 is 19.8 Å². The molecule has 0 saturated carbocycles. The molecule has 1 saturated heterocycles. The Kier molecular flexibility index (Phi) is 6.28. The zero-order chi connectivity index (χ0) is 12.0. The second-order valence-corrected chi connectivity index (χ2v) is 5.04. The minimum Gasteiger partial charge on any atom is -0.395 e. The van der Waals surface area contributed by atoms with E-state index < -0.39 is 0 Å². The van der Waals surface area contributed by atoms with Crippen LogP contribution in [0, 0.1) is 0 Å². The van der Waals surface area contributed by atoms with E-state index in [4.69, 9.17) is 5.11 Å². The fourth-order valence-corrected chi connectivity index (χ4v) is 2.23. The van der Waals surface area contributed by atoms with Gasteiger partial charge in [0.2, 0.25) is 0 Å². The summed E-state index contributed by atoms with van der Waals surface area (Å²) >= 11 is 0. The maximum Gasteiger partial charge on any atom is 0.0558 e. The van der Waals surface area contributed by atoms with E-state index in [9.17, 15) is 0 Å². The Balaban J connectivity index is 2.16. The summed E-state index contributed by atoms with van der Waals surface area (Å²) in [6, 6.07) is 0.749. The lowest BCUT2D eigenvalue weighted by molar-refractivity contribution is 0.129. The van der Waals surface area contributed by atoms with Crippen LogP contribution >= 0.6 is 0 Å². The van der Waals surface area contributed by atoms with Crippen LogP contribution in [0.1, 0.15) is 12.8 Å². The predicted molar refractivity (Wildman–Crippen MR) is 67.7 cm³/mol. The van der Waals surface area contributed by atoms with Gasteiger partial charge in [0.15, 0.2) is 0 Å². The molecular weight excluding hydrogens is 202 g/mol. The lowest BCUT2D eigenvalue weighted by Crippen LogP contribution is -2.44. The molecule has 1 heterocycles. The molecule has 0 spiro atoms. The highest BCUT2D eigenvalue weighted by atomic mass is 16.3. The van der Waals surface area contributed by atoms with Gasteiger partial charge in [0.25, 0.3) is 0 Å². The lowest BCUT2D eigenvalue weighted by atomic mass is 10.0. The van der Waals surface area contributed by atoms with E-state index in [0.29, 0.717) is 0 Å². The highest BCUT2D eigenvalue weighted by Gasteiger charge is 2.20. The second-order valence-electron chi connectivity index (χ2n) is 5.04. The first-order chi connectivity index (χ1) is 7.63. The van der Waals surface area contributed by atoms with Crippen LogP contribution in [0.25, 0.3) is 0 Å². The molecule has 1 aliphatic rings. The number of hydrogen-bond acceptors (Lipinski definition) is 4. The average Bonchev–Trinajstić information content (AvgIpc) is 2.27. The van der Waals surface area contributed by atoms with E-state index >= 15 is 0 Å². The maximum atomic E-state index is 8.82. The number of likely N-dealkylation sites (tertiary alicyclic amines) is 1. The quantitative estimate of drug-likeness (QED) is 0.691. The molecule has 4 heteroatoms. The third-order valence-corrected chi connectivity index (χ3v) is 3.63. The third-order valence-electron chi connectivity index (χ3n) is 3.63. The summed E-state index contributed by atoms with van der Waals surface area (Å²) in [5, 5.41) is 8.82. The van der Waals surface area contributed by atoms with E-state index in [-0.39, 0.29) is 6.61 Å². The average molecular weight is 229 g/mol. The zero-order valence-corrected chi connectivity index (χ0v) is 11.0. The van der Waals surface area contributed by atoms with Gasteiger partial charge >= 0.3 is 0 Å². The molecule has 0 amide bonds. The van der Waals surface area contributed by atoms with Crippen molar-refractivity contribution in [3.05, 3.63) is 0 Å². The Hall–Kier alpha value is -0.160. The molecule has 16 heavy (non-hydrogen) atoms. The van der Waals surface area contributed by atoms with Crippen LogP contribution in [0.3, 0.4) is 0 Å². The van der Waals surface area contributed by atoms with E-state index in [1.54, 1.807) is 0 Å². The van der Waals surface area contributed by atoms with Crippen molar-refractivity contribution in [3.63, 3.8) is 0 Å². The van der Waals surface area contributed by atoms with Crippen LogP contribution in [0.15, 0.2) is 0 Å². The van der Waals surface area contributed by atoms with Gasteiger partial charge in [0.1, 0.15) is 0 Å². The smallest absolute Gasteiger partial charge is 0.0558 e. The molecule has 0 aromatic heterocycles. The van der Waals surface area contributed by atoms with Crippen LogP contribution < -0.4 is 0 Å². The highest BCUT2D eigenvalue weighted by Crippen LogP contribution is 2.13. The molecule has 0 aromatic carbocycles. The van der Waals surface area contributed by atoms with Crippen molar-refractivity contribution in [3.8, 4) is 0 Å². The van der Waals surface area contributed by atoms with Crippen LogP contribution in [0.5, 0.6) is 0 Å². The van der Waals surface area contributed by atoms with Crippen LogP contribution in [-0.2, 0) is 0 Å². The summed E-state index contributed by atoms with van der Waals surface area (Å²) in [4.78, 5) is 7.06. The number of piperidine rings is 1.